The molecular weight excluding hydrogens is 254 g/mol. The van der Waals surface area contributed by atoms with Crippen LogP contribution in [0.3, 0.4) is 0 Å². The Hall–Kier alpha value is -1.55. The molecule has 0 saturated carbocycles. The molecule has 2 N–H and O–H groups in total. The second-order valence-corrected chi connectivity index (χ2v) is 5.44. The van der Waals surface area contributed by atoms with Gasteiger partial charge in [-0.1, -0.05) is 26.0 Å². The van der Waals surface area contributed by atoms with E-state index in [-0.39, 0.29) is 0 Å². The molecule has 0 bridgehead atoms. The van der Waals surface area contributed by atoms with Crippen LogP contribution in [0.25, 0.3) is 0 Å². The molecule has 0 saturated heterocycles. The normalized spacial score (nSPS) is 13.9. The highest BCUT2D eigenvalue weighted by atomic mass is 16.5. The molecule has 20 heavy (non-hydrogen) atoms. The van der Waals surface area contributed by atoms with Crippen molar-refractivity contribution in [1.82, 2.24) is 5.32 Å². The van der Waals surface area contributed by atoms with Crippen LogP contribution in [-0.4, -0.2) is 24.2 Å². The Balaban J connectivity index is 1.94. The van der Waals surface area contributed by atoms with E-state index < -0.39 is 11.4 Å². The van der Waals surface area contributed by atoms with E-state index in [9.17, 15) is 9.90 Å². The fourth-order valence-corrected chi connectivity index (χ4v) is 2.67. The van der Waals surface area contributed by atoms with Gasteiger partial charge in [-0.3, -0.25) is 4.79 Å². The number of ether oxygens (including phenoxy) is 1. The molecule has 0 spiro atoms. The van der Waals surface area contributed by atoms with Gasteiger partial charge < -0.3 is 15.2 Å². The molecule has 1 aromatic carbocycles. The van der Waals surface area contributed by atoms with Crippen LogP contribution in [0, 0.1) is 5.41 Å². The molecule has 110 valence electrons. The van der Waals surface area contributed by atoms with Gasteiger partial charge in [-0.25, -0.2) is 0 Å². The highest BCUT2D eigenvalue weighted by molar-refractivity contribution is 5.74. The van der Waals surface area contributed by atoms with Gasteiger partial charge in [-0.15, -0.1) is 0 Å². The Morgan fingerprint density at radius 1 is 1.40 bits per heavy atom. The first-order valence-corrected chi connectivity index (χ1v) is 7.30. The molecular formula is C16H23NO3. The van der Waals surface area contributed by atoms with E-state index in [0.29, 0.717) is 25.9 Å². The summed E-state index contributed by atoms with van der Waals surface area (Å²) >= 11 is 0. The van der Waals surface area contributed by atoms with Gasteiger partial charge in [0.25, 0.3) is 0 Å². The van der Waals surface area contributed by atoms with Crippen molar-refractivity contribution >= 4 is 5.97 Å². The van der Waals surface area contributed by atoms with E-state index in [1.807, 2.05) is 26.0 Å². The third-order valence-corrected chi connectivity index (χ3v) is 4.35. The van der Waals surface area contributed by atoms with Gasteiger partial charge in [0.15, 0.2) is 0 Å². The summed E-state index contributed by atoms with van der Waals surface area (Å²) in [6, 6.07) is 6.19. The first-order chi connectivity index (χ1) is 9.61. The minimum atomic E-state index is -0.711. The van der Waals surface area contributed by atoms with Crippen molar-refractivity contribution in [2.24, 2.45) is 5.41 Å². The van der Waals surface area contributed by atoms with Gasteiger partial charge in [-0.05, 0) is 30.0 Å². The van der Waals surface area contributed by atoms with Crippen molar-refractivity contribution in [2.45, 2.75) is 39.7 Å². The lowest BCUT2D eigenvalue weighted by Gasteiger charge is -2.27. The number of carboxylic acids is 1. The molecule has 0 radical (unpaired) electrons. The molecule has 0 fully saturated rings. The molecule has 0 aromatic heterocycles. The second-order valence-electron chi connectivity index (χ2n) is 5.44. The standard InChI is InChI=1S/C16H23NO3/c1-3-16(4-2,15(18)19)11-17-10-12-5-6-14-13(9-12)7-8-20-14/h5-6,9,17H,3-4,7-8,10-11H2,1-2H3,(H,18,19). The summed E-state index contributed by atoms with van der Waals surface area (Å²) in [6.45, 7) is 5.84. The lowest BCUT2D eigenvalue weighted by Crippen LogP contribution is -2.40. The lowest BCUT2D eigenvalue weighted by atomic mass is 9.82. The number of hydrogen-bond donors (Lipinski definition) is 2. The van der Waals surface area contributed by atoms with E-state index >= 15 is 0 Å². The number of hydrogen-bond acceptors (Lipinski definition) is 3. The minimum Gasteiger partial charge on any atom is -0.493 e. The van der Waals surface area contributed by atoms with Crippen LogP contribution in [0.2, 0.25) is 0 Å². The molecule has 1 heterocycles. The number of fused-ring (bicyclic) bond motifs is 1. The molecule has 0 amide bonds. The zero-order chi connectivity index (χ0) is 14.6. The monoisotopic (exact) mass is 277 g/mol. The summed E-state index contributed by atoms with van der Waals surface area (Å²) < 4.78 is 5.48. The second kappa shape index (κ2) is 6.27. The zero-order valence-electron chi connectivity index (χ0n) is 12.2. The number of carboxylic acid groups (broad SMARTS) is 1. The van der Waals surface area contributed by atoms with Crippen LogP contribution < -0.4 is 10.1 Å². The van der Waals surface area contributed by atoms with Gasteiger partial charge in [0.1, 0.15) is 5.75 Å². The molecule has 2 rings (SSSR count). The van der Waals surface area contributed by atoms with E-state index in [0.717, 1.165) is 18.8 Å². The molecule has 4 nitrogen and oxygen atoms in total. The van der Waals surface area contributed by atoms with Crippen LogP contribution in [0.4, 0.5) is 0 Å². The molecule has 0 aliphatic carbocycles. The maximum absolute atomic E-state index is 11.4. The summed E-state index contributed by atoms with van der Waals surface area (Å²) in [5.41, 5.74) is 1.78. The molecule has 1 aliphatic rings. The summed E-state index contributed by atoms with van der Waals surface area (Å²) in [6.07, 6.45) is 2.25. The number of aliphatic carboxylic acids is 1. The fourth-order valence-electron chi connectivity index (χ4n) is 2.67. The Bertz CT molecular complexity index is 481. The number of nitrogens with one attached hydrogen (secondary N) is 1. The quantitative estimate of drug-likeness (QED) is 0.804. The maximum atomic E-state index is 11.4. The van der Waals surface area contributed by atoms with Crippen molar-refractivity contribution < 1.29 is 14.6 Å². The number of rotatable bonds is 7. The summed E-state index contributed by atoms with van der Waals surface area (Å²) in [5, 5.41) is 12.7. The summed E-state index contributed by atoms with van der Waals surface area (Å²) in [5.74, 6) is 0.271. The Morgan fingerprint density at radius 3 is 2.80 bits per heavy atom. The van der Waals surface area contributed by atoms with Crippen molar-refractivity contribution in [3.8, 4) is 5.75 Å². The van der Waals surface area contributed by atoms with Gasteiger partial charge in [0, 0.05) is 19.5 Å². The zero-order valence-corrected chi connectivity index (χ0v) is 12.2. The predicted molar refractivity (Wildman–Crippen MR) is 78.0 cm³/mol. The van der Waals surface area contributed by atoms with Gasteiger partial charge in [-0.2, -0.15) is 0 Å². The largest absolute Gasteiger partial charge is 0.493 e. The molecule has 1 aliphatic heterocycles. The van der Waals surface area contributed by atoms with E-state index in [1.165, 1.54) is 11.1 Å². The van der Waals surface area contributed by atoms with Gasteiger partial charge >= 0.3 is 5.97 Å². The van der Waals surface area contributed by atoms with Gasteiger partial charge in [0.05, 0.1) is 12.0 Å². The third kappa shape index (κ3) is 2.96. The van der Waals surface area contributed by atoms with Crippen molar-refractivity contribution in [3.05, 3.63) is 29.3 Å². The van der Waals surface area contributed by atoms with E-state index in [2.05, 4.69) is 11.4 Å². The Labute approximate surface area is 120 Å². The first-order valence-electron chi connectivity index (χ1n) is 7.30. The fraction of sp³-hybridized carbons (Fsp3) is 0.562. The Morgan fingerprint density at radius 2 is 2.15 bits per heavy atom. The van der Waals surface area contributed by atoms with Crippen molar-refractivity contribution in [2.75, 3.05) is 13.2 Å². The third-order valence-electron chi connectivity index (χ3n) is 4.35. The lowest BCUT2D eigenvalue weighted by molar-refractivity contribution is -0.149. The summed E-state index contributed by atoms with van der Waals surface area (Å²) in [4.78, 5) is 11.4. The van der Waals surface area contributed by atoms with Crippen LogP contribution in [-0.2, 0) is 17.8 Å². The average Bonchev–Trinajstić information content (AvgIpc) is 2.91. The predicted octanol–water partition coefficient (Wildman–Crippen LogP) is 2.60. The SMILES string of the molecule is CCC(CC)(CNCc1ccc2c(c1)CCO2)C(=O)O. The van der Waals surface area contributed by atoms with Crippen LogP contribution in [0.1, 0.15) is 37.8 Å². The number of carbonyl (C=O) groups is 1. The molecule has 0 atom stereocenters. The van der Waals surface area contributed by atoms with E-state index in [1.54, 1.807) is 0 Å². The average molecular weight is 277 g/mol. The maximum Gasteiger partial charge on any atom is 0.310 e. The molecule has 0 unspecified atom stereocenters. The highest BCUT2D eigenvalue weighted by Gasteiger charge is 2.34. The number of benzene rings is 1. The van der Waals surface area contributed by atoms with Crippen molar-refractivity contribution in [1.29, 1.82) is 0 Å². The smallest absolute Gasteiger partial charge is 0.310 e. The Kier molecular flexibility index (Phi) is 4.65. The summed E-state index contributed by atoms with van der Waals surface area (Å²) in [7, 11) is 0. The first kappa shape index (κ1) is 14.9. The molecule has 1 aromatic rings. The van der Waals surface area contributed by atoms with E-state index in [4.69, 9.17) is 4.74 Å². The van der Waals surface area contributed by atoms with Crippen LogP contribution in [0.15, 0.2) is 18.2 Å². The molecule has 4 heteroatoms. The minimum absolute atomic E-state index is 0.503. The van der Waals surface area contributed by atoms with Crippen LogP contribution in [0.5, 0.6) is 5.75 Å². The van der Waals surface area contributed by atoms with Crippen molar-refractivity contribution in [3.63, 3.8) is 0 Å². The topological polar surface area (TPSA) is 58.6 Å². The van der Waals surface area contributed by atoms with Gasteiger partial charge in [0.2, 0.25) is 0 Å². The van der Waals surface area contributed by atoms with Crippen LogP contribution >= 0.6 is 0 Å². The highest BCUT2D eigenvalue weighted by Crippen LogP contribution is 2.27.